The van der Waals surface area contributed by atoms with Crippen molar-refractivity contribution in [2.24, 2.45) is 0 Å². The van der Waals surface area contributed by atoms with Crippen molar-refractivity contribution in [3.63, 3.8) is 0 Å². The molecule has 0 heterocycles. The molecule has 174 valence electrons. The van der Waals surface area contributed by atoms with E-state index in [0.717, 1.165) is 47.2 Å². The molecule has 4 rings (SSSR count). The zero-order chi connectivity index (χ0) is 23.6. The highest BCUT2D eigenvalue weighted by Crippen LogP contribution is 2.41. The van der Waals surface area contributed by atoms with Gasteiger partial charge in [-0.3, -0.25) is 0 Å². The molecule has 0 atom stereocenters. The number of fused-ring (bicyclic) bond motifs is 3. The number of halogens is 5. The van der Waals surface area contributed by atoms with Crippen LogP contribution in [-0.2, 0) is 12.8 Å². The fraction of sp³-hybridized carbons (Fsp3) is 0.333. The lowest BCUT2D eigenvalue weighted by Gasteiger charge is -2.12. The molecule has 0 spiro atoms. The topological polar surface area (TPSA) is 9.23 Å². The normalized spacial score (nSPS) is 12.5. The molecular weight excluding hydrogens is 435 g/mol. The van der Waals surface area contributed by atoms with Crippen molar-refractivity contribution in [1.29, 1.82) is 0 Å². The number of rotatable bonds is 8. The zero-order valence-electron chi connectivity index (χ0n) is 18.4. The van der Waals surface area contributed by atoms with Gasteiger partial charge in [-0.2, -0.15) is 0 Å². The number of benzene rings is 3. The summed E-state index contributed by atoms with van der Waals surface area (Å²) in [5.74, 6) is -2.69. The Morgan fingerprint density at radius 3 is 2.24 bits per heavy atom. The molecule has 0 radical (unpaired) electrons. The van der Waals surface area contributed by atoms with Gasteiger partial charge in [0.15, 0.2) is 11.6 Å². The largest absolute Gasteiger partial charge is 0.573 e. The Morgan fingerprint density at radius 2 is 1.52 bits per heavy atom. The zero-order valence-corrected chi connectivity index (χ0v) is 18.4. The summed E-state index contributed by atoms with van der Waals surface area (Å²) in [5, 5.41) is 0. The number of aryl methyl sites for hydroxylation is 1. The molecule has 1 aliphatic carbocycles. The van der Waals surface area contributed by atoms with E-state index in [1.54, 1.807) is 6.07 Å². The minimum atomic E-state index is -5.00. The third-order valence-electron chi connectivity index (χ3n) is 6.07. The molecule has 3 aromatic carbocycles. The van der Waals surface area contributed by atoms with E-state index < -0.39 is 23.7 Å². The van der Waals surface area contributed by atoms with Crippen LogP contribution < -0.4 is 4.74 Å². The molecule has 1 aliphatic rings. The molecular formula is C27H25F5O. The third-order valence-corrected chi connectivity index (χ3v) is 6.07. The molecule has 0 unspecified atom stereocenters. The highest BCUT2D eigenvalue weighted by Gasteiger charge is 2.32. The Bertz CT molecular complexity index is 1150. The molecule has 6 heteroatoms. The molecule has 0 aromatic heterocycles. The van der Waals surface area contributed by atoms with Gasteiger partial charge in [-0.15, -0.1) is 13.2 Å². The van der Waals surface area contributed by atoms with E-state index in [-0.39, 0.29) is 11.1 Å². The van der Waals surface area contributed by atoms with Crippen LogP contribution >= 0.6 is 0 Å². The molecule has 0 saturated heterocycles. The summed E-state index contributed by atoms with van der Waals surface area (Å²) >= 11 is 0. The first-order valence-corrected chi connectivity index (χ1v) is 11.3. The molecule has 0 saturated carbocycles. The maximum absolute atomic E-state index is 14.9. The van der Waals surface area contributed by atoms with Gasteiger partial charge in [0.2, 0.25) is 0 Å². The lowest BCUT2D eigenvalue weighted by atomic mass is 9.97. The maximum Gasteiger partial charge on any atom is 0.573 e. The summed E-state index contributed by atoms with van der Waals surface area (Å²) in [6.45, 7) is 2.19. The van der Waals surface area contributed by atoms with E-state index in [1.807, 2.05) is 6.07 Å². The number of unbranched alkanes of at least 4 members (excludes halogenated alkanes) is 4. The van der Waals surface area contributed by atoms with E-state index in [1.165, 1.54) is 43.4 Å². The second-order valence-corrected chi connectivity index (χ2v) is 8.51. The van der Waals surface area contributed by atoms with Gasteiger partial charge >= 0.3 is 6.36 Å². The van der Waals surface area contributed by atoms with Gasteiger partial charge in [-0.05, 0) is 76.9 Å². The van der Waals surface area contributed by atoms with E-state index in [9.17, 15) is 22.0 Å². The maximum atomic E-state index is 14.9. The predicted molar refractivity (Wildman–Crippen MR) is 119 cm³/mol. The van der Waals surface area contributed by atoms with Crippen LogP contribution in [0.15, 0.2) is 48.5 Å². The summed E-state index contributed by atoms with van der Waals surface area (Å²) in [4.78, 5) is 0. The molecule has 0 fully saturated rings. The van der Waals surface area contributed by atoms with Gasteiger partial charge in [0.25, 0.3) is 0 Å². The molecule has 0 amide bonds. The quantitative estimate of drug-likeness (QED) is 0.189. The highest BCUT2D eigenvalue weighted by atomic mass is 19.4. The molecule has 0 bridgehead atoms. The molecule has 0 N–H and O–H groups in total. The monoisotopic (exact) mass is 460 g/mol. The standard InChI is InChI=1S/C27H25F5O/c1-2-3-4-5-6-7-17-8-10-21-19(12-17)13-20-14-23(24(28)16-22(20)21)18-9-11-26(25(29)15-18)33-27(30,31)32/h8-12,14-16H,2-7,13H2,1H3. The molecule has 3 aromatic rings. The molecule has 33 heavy (non-hydrogen) atoms. The van der Waals surface area contributed by atoms with Crippen LogP contribution in [0, 0.1) is 11.6 Å². The fourth-order valence-electron chi connectivity index (χ4n) is 4.46. The molecule has 1 nitrogen and oxygen atoms in total. The smallest absolute Gasteiger partial charge is 0.403 e. The second-order valence-electron chi connectivity index (χ2n) is 8.51. The lowest BCUT2D eigenvalue weighted by molar-refractivity contribution is -0.275. The number of hydrogen-bond acceptors (Lipinski definition) is 1. The van der Waals surface area contributed by atoms with Crippen molar-refractivity contribution in [2.45, 2.75) is 58.2 Å². The average molecular weight is 460 g/mol. The van der Waals surface area contributed by atoms with Crippen LogP contribution in [0.5, 0.6) is 5.75 Å². The highest BCUT2D eigenvalue weighted by molar-refractivity contribution is 5.81. The van der Waals surface area contributed by atoms with Crippen molar-refractivity contribution >= 4 is 0 Å². The number of alkyl halides is 3. The first kappa shape index (κ1) is 23.3. The van der Waals surface area contributed by atoms with Crippen molar-refractivity contribution in [3.8, 4) is 28.0 Å². The minimum Gasteiger partial charge on any atom is -0.403 e. The van der Waals surface area contributed by atoms with Crippen molar-refractivity contribution in [3.05, 3.63) is 76.9 Å². The number of ether oxygens (including phenoxy) is 1. The Kier molecular flexibility index (Phi) is 6.73. The van der Waals surface area contributed by atoms with Crippen LogP contribution in [0.25, 0.3) is 22.3 Å². The van der Waals surface area contributed by atoms with Gasteiger partial charge < -0.3 is 4.74 Å². The first-order chi connectivity index (χ1) is 15.7. The Labute approximate surface area is 190 Å². The van der Waals surface area contributed by atoms with E-state index in [4.69, 9.17) is 0 Å². The summed E-state index contributed by atoms with van der Waals surface area (Å²) in [5.41, 5.74) is 5.41. The van der Waals surface area contributed by atoms with Gasteiger partial charge in [0.1, 0.15) is 5.82 Å². The van der Waals surface area contributed by atoms with Crippen molar-refractivity contribution in [2.75, 3.05) is 0 Å². The van der Waals surface area contributed by atoms with E-state index >= 15 is 0 Å². The number of hydrogen-bond donors (Lipinski definition) is 0. The Hall–Kier alpha value is -2.89. The van der Waals surface area contributed by atoms with Crippen LogP contribution in [-0.4, -0.2) is 6.36 Å². The molecule has 0 aliphatic heterocycles. The van der Waals surface area contributed by atoms with Crippen molar-refractivity contribution < 1.29 is 26.7 Å². The van der Waals surface area contributed by atoms with Gasteiger partial charge in [-0.1, -0.05) is 56.9 Å². The average Bonchev–Trinajstić information content (AvgIpc) is 3.10. The van der Waals surface area contributed by atoms with Crippen LogP contribution in [0.3, 0.4) is 0 Å². The van der Waals surface area contributed by atoms with E-state index in [0.29, 0.717) is 6.42 Å². The lowest BCUT2D eigenvalue weighted by Crippen LogP contribution is -2.17. The first-order valence-electron chi connectivity index (χ1n) is 11.3. The summed E-state index contributed by atoms with van der Waals surface area (Å²) in [7, 11) is 0. The van der Waals surface area contributed by atoms with Crippen LogP contribution in [0.1, 0.15) is 55.7 Å². The van der Waals surface area contributed by atoms with Crippen LogP contribution in [0.2, 0.25) is 0 Å². The van der Waals surface area contributed by atoms with Gasteiger partial charge in [0.05, 0.1) is 0 Å². The Morgan fingerprint density at radius 1 is 0.758 bits per heavy atom. The summed E-state index contributed by atoms with van der Waals surface area (Å²) in [6, 6.07) is 12.4. The van der Waals surface area contributed by atoms with Gasteiger partial charge in [0, 0.05) is 5.56 Å². The minimum absolute atomic E-state index is 0.148. The second kappa shape index (κ2) is 9.54. The predicted octanol–water partition coefficient (Wildman–Crippen LogP) is 8.61. The SMILES string of the molecule is CCCCCCCc1ccc2c(c1)Cc1cc(-c3ccc(OC(F)(F)F)c(F)c3)c(F)cc1-2. The van der Waals surface area contributed by atoms with Crippen LogP contribution in [0.4, 0.5) is 22.0 Å². The summed E-state index contributed by atoms with van der Waals surface area (Å²) < 4.78 is 69.9. The van der Waals surface area contributed by atoms with E-state index in [2.05, 4.69) is 23.8 Å². The fourth-order valence-corrected chi connectivity index (χ4v) is 4.46. The third kappa shape index (κ3) is 5.37. The van der Waals surface area contributed by atoms with Gasteiger partial charge in [-0.25, -0.2) is 8.78 Å². The summed E-state index contributed by atoms with van der Waals surface area (Å²) in [6.07, 6.45) is 2.73. The van der Waals surface area contributed by atoms with Crippen molar-refractivity contribution in [1.82, 2.24) is 0 Å². The Balaban J connectivity index is 1.54.